The van der Waals surface area contributed by atoms with E-state index in [1.807, 2.05) is 4.90 Å². The van der Waals surface area contributed by atoms with E-state index in [0.29, 0.717) is 0 Å². The minimum Gasteiger partial charge on any atom is -0.340 e. The fourth-order valence-electron chi connectivity index (χ4n) is 2.64. The van der Waals surface area contributed by atoms with Gasteiger partial charge in [-0.05, 0) is 24.0 Å². The molecular weight excluding hydrogens is 236 g/mol. The van der Waals surface area contributed by atoms with Gasteiger partial charge in [0.2, 0.25) is 5.91 Å². The summed E-state index contributed by atoms with van der Waals surface area (Å²) in [5, 5.41) is 3.29. The Morgan fingerprint density at radius 2 is 1.84 bits per heavy atom. The van der Waals surface area contributed by atoms with Crippen molar-refractivity contribution in [2.75, 3.05) is 26.2 Å². The summed E-state index contributed by atoms with van der Waals surface area (Å²) >= 11 is 0. The Bertz CT molecular complexity index is 407. The first-order valence-corrected chi connectivity index (χ1v) is 7.34. The van der Waals surface area contributed by atoms with E-state index in [1.54, 1.807) is 0 Å². The summed E-state index contributed by atoms with van der Waals surface area (Å²) in [4.78, 5) is 14.6. The molecule has 1 aromatic carbocycles. The fourth-order valence-corrected chi connectivity index (χ4v) is 2.64. The van der Waals surface area contributed by atoms with Gasteiger partial charge in [0.15, 0.2) is 0 Å². The van der Waals surface area contributed by atoms with Crippen molar-refractivity contribution in [1.29, 1.82) is 0 Å². The summed E-state index contributed by atoms with van der Waals surface area (Å²) < 4.78 is 0. The lowest BCUT2D eigenvalue weighted by atomic mass is 9.93. The zero-order chi connectivity index (χ0) is 13.7. The van der Waals surface area contributed by atoms with Crippen LogP contribution in [-0.2, 0) is 11.2 Å². The molecule has 104 valence electrons. The predicted octanol–water partition coefficient (Wildman–Crippen LogP) is 2.17. The summed E-state index contributed by atoms with van der Waals surface area (Å²) in [5.74, 6) is 0.303. The average molecular weight is 260 g/mol. The van der Waals surface area contributed by atoms with Crippen molar-refractivity contribution in [3.63, 3.8) is 0 Å². The van der Waals surface area contributed by atoms with Crippen LogP contribution in [0.1, 0.15) is 37.3 Å². The van der Waals surface area contributed by atoms with Gasteiger partial charge in [0.05, 0.1) is 5.92 Å². The summed E-state index contributed by atoms with van der Waals surface area (Å²) in [5.41, 5.74) is 2.48. The lowest BCUT2D eigenvalue weighted by Crippen LogP contribution is -2.48. The number of nitrogens with one attached hydrogen (secondary N) is 1. The maximum Gasteiger partial charge on any atom is 0.230 e. The van der Waals surface area contributed by atoms with E-state index in [-0.39, 0.29) is 11.8 Å². The molecule has 1 heterocycles. The minimum atomic E-state index is 0.0176. The molecular formula is C16H24N2O. The highest BCUT2D eigenvalue weighted by molar-refractivity contribution is 5.83. The molecule has 0 aliphatic carbocycles. The lowest BCUT2D eigenvalue weighted by molar-refractivity contribution is -0.133. The van der Waals surface area contributed by atoms with Crippen LogP contribution >= 0.6 is 0 Å². The van der Waals surface area contributed by atoms with E-state index in [2.05, 4.69) is 43.4 Å². The second kappa shape index (κ2) is 6.71. The molecule has 1 aliphatic rings. The van der Waals surface area contributed by atoms with Crippen molar-refractivity contribution >= 4 is 5.91 Å². The minimum absolute atomic E-state index is 0.0176. The van der Waals surface area contributed by atoms with E-state index in [1.165, 1.54) is 5.56 Å². The molecule has 0 saturated carbocycles. The van der Waals surface area contributed by atoms with Gasteiger partial charge >= 0.3 is 0 Å². The smallest absolute Gasteiger partial charge is 0.230 e. The van der Waals surface area contributed by atoms with E-state index in [4.69, 9.17) is 0 Å². The van der Waals surface area contributed by atoms with Gasteiger partial charge in [0, 0.05) is 26.2 Å². The van der Waals surface area contributed by atoms with Gasteiger partial charge in [0.25, 0.3) is 0 Å². The number of carbonyl (C=O) groups is 1. The normalized spacial score (nSPS) is 17.3. The first-order valence-electron chi connectivity index (χ1n) is 7.34. The molecule has 3 heteroatoms. The van der Waals surface area contributed by atoms with Gasteiger partial charge in [-0.15, -0.1) is 0 Å². The molecule has 19 heavy (non-hydrogen) atoms. The Morgan fingerprint density at radius 3 is 2.37 bits per heavy atom. The second-order valence-electron chi connectivity index (χ2n) is 5.13. The van der Waals surface area contributed by atoms with Crippen molar-refractivity contribution in [2.24, 2.45) is 0 Å². The quantitative estimate of drug-likeness (QED) is 0.900. The van der Waals surface area contributed by atoms with Gasteiger partial charge in [-0.3, -0.25) is 4.79 Å². The number of benzene rings is 1. The summed E-state index contributed by atoms with van der Waals surface area (Å²) in [6.45, 7) is 7.75. The molecule has 2 rings (SSSR count). The molecule has 0 aromatic heterocycles. The highest BCUT2D eigenvalue weighted by Gasteiger charge is 2.25. The second-order valence-corrected chi connectivity index (χ2v) is 5.13. The zero-order valence-corrected chi connectivity index (χ0v) is 12.0. The van der Waals surface area contributed by atoms with Crippen LogP contribution in [0.4, 0.5) is 0 Å². The van der Waals surface area contributed by atoms with Crippen molar-refractivity contribution in [2.45, 2.75) is 32.6 Å². The van der Waals surface area contributed by atoms with Crippen LogP contribution in [0.25, 0.3) is 0 Å². The summed E-state index contributed by atoms with van der Waals surface area (Å²) in [7, 11) is 0. The molecule has 0 radical (unpaired) electrons. The van der Waals surface area contributed by atoms with E-state index in [0.717, 1.165) is 44.6 Å². The molecule has 1 amide bonds. The predicted molar refractivity (Wildman–Crippen MR) is 78.3 cm³/mol. The molecule has 1 aliphatic heterocycles. The number of piperazine rings is 1. The lowest BCUT2D eigenvalue weighted by Gasteiger charge is -2.30. The van der Waals surface area contributed by atoms with E-state index < -0.39 is 0 Å². The maximum absolute atomic E-state index is 12.6. The summed E-state index contributed by atoms with van der Waals surface area (Å²) in [6, 6.07) is 8.52. The van der Waals surface area contributed by atoms with Crippen molar-refractivity contribution in [3.8, 4) is 0 Å². The van der Waals surface area contributed by atoms with Crippen LogP contribution < -0.4 is 5.32 Å². The van der Waals surface area contributed by atoms with Crippen molar-refractivity contribution < 1.29 is 4.79 Å². The van der Waals surface area contributed by atoms with Crippen LogP contribution in [0.15, 0.2) is 24.3 Å². The first-order chi connectivity index (χ1) is 9.26. The molecule has 0 bridgehead atoms. The molecule has 0 spiro atoms. The molecule has 1 saturated heterocycles. The highest BCUT2D eigenvalue weighted by Crippen LogP contribution is 2.23. The SMILES string of the molecule is CCc1ccc(C(CC)C(=O)N2CCNCC2)cc1. The van der Waals surface area contributed by atoms with Crippen LogP contribution in [0.5, 0.6) is 0 Å². The van der Waals surface area contributed by atoms with Crippen LogP contribution in [0.3, 0.4) is 0 Å². The van der Waals surface area contributed by atoms with Gasteiger partial charge in [-0.2, -0.15) is 0 Å². The van der Waals surface area contributed by atoms with Crippen LogP contribution in [-0.4, -0.2) is 37.0 Å². The van der Waals surface area contributed by atoms with Crippen molar-refractivity contribution in [3.05, 3.63) is 35.4 Å². The molecule has 1 atom stereocenters. The largest absolute Gasteiger partial charge is 0.340 e. The van der Waals surface area contributed by atoms with Gasteiger partial charge in [-0.25, -0.2) is 0 Å². The van der Waals surface area contributed by atoms with Gasteiger partial charge < -0.3 is 10.2 Å². The Kier molecular flexibility index (Phi) is 4.97. The molecule has 1 unspecified atom stereocenters. The number of hydrogen-bond donors (Lipinski definition) is 1. The molecule has 1 N–H and O–H groups in total. The maximum atomic E-state index is 12.6. The summed E-state index contributed by atoms with van der Waals surface area (Å²) in [6.07, 6.45) is 1.91. The fraction of sp³-hybridized carbons (Fsp3) is 0.562. The topological polar surface area (TPSA) is 32.3 Å². The Labute approximate surface area is 116 Å². The van der Waals surface area contributed by atoms with Crippen LogP contribution in [0.2, 0.25) is 0 Å². The monoisotopic (exact) mass is 260 g/mol. The highest BCUT2D eigenvalue weighted by atomic mass is 16.2. The number of hydrogen-bond acceptors (Lipinski definition) is 2. The number of amides is 1. The molecule has 3 nitrogen and oxygen atoms in total. The standard InChI is InChI=1S/C16H24N2O/c1-3-13-5-7-14(8-6-13)15(4-2)16(19)18-11-9-17-10-12-18/h5-8,15,17H,3-4,9-12H2,1-2H3. The zero-order valence-electron chi connectivity index (χ0n) is 12.0. The Morgan fingerprint density at radius 1 is 1.21 bits per heavy atom. The number of aryl methyl sites for hydroxylation is 1. The number of rotatable bonds is 4. The first kappa shape index (κ1) is 14.1. The average Bonchev–Trinajstić information content (AvgIpc) is 2.49. The number of nitrogens with zero attached hydrogens (tertiary/aromatic N) is 1. The van der Waals surface area contributed by atoms with Gasteiger partial charge in [-0.1, -0.05) is 38.1 Å². The third kappa shape index (κ3) is 3.35. The van der Waals surface area contributed by atoms with E-state index >= 15 is 0 Å². The third-order valence-electron chi connectivity index (χ3n) is 3.93. The van der Waals surface area contributed by atoms with E-state index in [9.17, 15) is 4.79 Å². The number of carbonyl (C=O) groups excluding carboxylic acids is 1. The Balaban J connectivity index is 2.11. The van der Waals surface area contributed by atoms with Crippen LogP contribution in [0, 0.1) is 0 Å². The third-order valence-corrected chi connectivity index (χ3v) is 3.93. The molecule has 1 fully saturated rings. The molecule has 1 aromatic rings. The van der Waals surface area contributed by atoms with Gasteiger partial charge in [0.1, 0.15) is 0 Å². The Hall–Kier alpha value is -1.35. The van der Waals surface area contributed by atoms with Crippen molar-refractivity contribution in [1.82, 2.24) is 10.2 Å².